The molecule has 5 heteroatoms. The van der Waals surface area contributed by atoms with Gasteiger partial charge in [0.05, 0.1) is 5.54 Å². The van der Waals surface area contributed by atoms with Gasteiger partial charge in [0.15, 0.2) is 0 Å². The Kier molecular flexibility index (Phi) is 3.73. The first-order chi connectivity index (χ1) is 8.54. The minimum atomic E-state index is -0.343. The molecule has 102 valence electrons. The normalized spacial score (nSPS) is 20.0. The number of nitrogens with zero attached hydrogens (tertiary/aromatic N) is 2. The second kappa shape index (κ2) is 4.97. The largest absolute Gasteiger partial charge is 0.370 e. The van der Waals surface area contributed by atoms with Crippen molar-refractivity contribution in [3.63, 3.8) is 0 Å². The highest BCUT2D eigenvalue weighted by atomic mass is 16.5. The Morgan fingerprint density at radius 1 is 1.28 bits per heavy atom. The van der Waals surface area contributed by atoms with Crippen molar-refractivity contribution in [3.05, 3.63) is 11.7 Å². The number of methoxy groups -OCH3 is 1. The minimum absolute atomic E-state index is 0.311. The predicted octanol–water partition coefficient (Wildman–Crippen LogP) is 2.33. The van der Waals surface area contributed by atoms with E-state index < -0.39 is 0 Å². The summed E-state index contributed by atoms with van der Waals surface area (Å²) in [6, 6.07) is 0. The Hall–Kier alpha value is -0.940. The van der Waals surface area contributed by atoms with E-state index in [1.54, 1.807) is 7.11 Å². The molecule has 0 spiro atoms. The van der Waals surface area contributed by atoms with Crippen molar-refractivity contribution in [1.29, 1.82) is 0 Å². The summed E-state index contributed by atoms with van der Waals surface area (Å²) in [5, 5.41) is 7.31. The molecule has 2 rings (SSSR count). The van der Waals surface area contributed by atoms with E-state index in [1.807, 2.05) is 20.9 Å². The standard InChI is InChI=1S/C13H23N3O2/c1-12(2,14-3)11-15-10(16-18-11)13(17-4)8-6-5-7-9-13/h14H,5-9H2,1-4H3. The molecule has 0 aromatic carbocycles. The summed E-state index contributed by atoms with van der Waals surface area (Å²) >= 11 is 0. The van der Waals surface area contributed by atoms with Crippen LogP contribution in [0.15, 0.2) is 4.52 Å². The van der Waals surface area contributed by atoms with E-state index in [0.29, 0.717) is 11.7 Å². The van der Waals surface area contributed by atoms with E-state index in [-0.39, 0.29) is 11.1 Å². The van der Waals surface area contributed by atoms with Crippen LogP contribution in [-0.2, 0) is 15.9 Å². The molecule has 1 aromatic heterocycles. The molecule has 1 fully saturated rings. The fraction of sp³-hybridized carbons (Fsp3) is 0.846. The van der Waals surface area contributed by atoms with Crippen LogP contribution in [0.2, 0.25) is 0 Å². The average molecular weight is 253 g/mol. The molecule has 1 aliphatic carbocycles. The fourth-order valence-corrected chi connectivity index (χ4v) is 2.41. The zero-order chi connectivity index (χ0) is 13.2. The van der Waals surface area contributed by atoms with Gasteiger partial charge < -0.3 is 14.6 Å². The van der Waals surface area contributed by atoms with Crippen molar-refractivity contribution in [1.82, 2.24) is 15.5 Å². The van der Waals surface area contributed by atoms with E-state index in [9.17, 15) is 0 Å². The summed E-state index contributed by atoms with van der Waals surface area (Å²) < 4.78 is 11.1. The Labute approximate surface area is 108 Å². The summed E-state index contributed by atoms with van der Waals surface area (Å²) in [5.41, 5.74) is -0.654. The zero-order valence-corrected chi connectivity index (χ0v) is 11.7. The first-order valence-corrected chi connectivity index (χ1v) is 6.63. The number of rotatable bonds is 4. The van der Waals surface area contributed by atoms with Crippen molar-refractivity contribution in [2.24, 2.45) is 0 Å². The molecule has 1 aliphatic rings. The quantitative estimate of drug-likeness (QED) is 0.892. The number of hydrogen-bond acceptors (Lipinski definition) is 5. The van der Waals surface area contributed by atoms with Gasteiger partial charge in [0, 0.05) is 7.11 Å². The van der Waals surface area contributed by atoms with Gasteiger partial charge in [0.1, 0.15) is 5.60 Å². The van der Waals surface area contributed by atoms with Crippen molar-refractivity contribution in [3.8, 4) is 0 Å². The van der Waals surface area contributed by atoms with Crippen LogP contribution in [0, 0.1) is 0 Å². The summed E-state index contributed by atoms with van der Waals surface area (Å²) in [4.78, 5) is 4.55. The summed E-state index contributed by atoms with van der Waals surface area (Å²) in [7, 11) is 3.63. The first-order valence-electron chi connectivity index (χ1n) is 6.63. The van der Waals surface area contributed by atoms with Crippen LogP contribution in [-0.4, -0.2) is 24.3 Å². The maximum absolute atomic E-state index is 5.72. The van der Waals surface area contributed by atoms with Crippen molar-refractivity contribution in [2.75, 3.05) is 14.2 Å². The molecule has 0 atom stereocenters. The molecule has 0 amide bonds. The van der Waals surface area contributed by atoms with Gasteiger partial charge in [-0.15, -0.1) is 0 Å². The van der Waals surface area contributed by atoms with Crippen molar-refractivity contribution < 1.29 is 9.26 Å². The topological polar surface area (TPSA) is 60.2 Å². The molecule has 1 saturated carbocycles. The van der Waals surface area contributed by atoms with E-state index in [2.05, 4.69) is 15.5 Å². The van der Waals surface area contributed by atoms with Crippen LogP contribution in [0.25, 0.3) is 0 Å². The van der Waals surface area contributed by atoms with Crippen LogP contribution in [0.1, 0.15) is 57.7 Å². The number of nitrogens with one attached hydrogen (secondary N) is 1. The molecule has 0 aliphatic heterocycles. The van der Waals surface area contributed by atoms with E-state index in [0.717, 1.165) is 25.7 Å². The van der Waals surface area contributed by atoms with Crippen LogP contribution in [0.5, 0.6) is 0 Å². The number of hydrogen-bond donors (Lipinski definition) is 1. The highest BCUT2D eigenvalue weighted by molar-refractivity contribution is 5.07. The molecule has 0 unspecified atom stereocenters. The van der Waals surface area contributed by atoms with Gasteiger partial charge in [-0.1, -0.05) is 24.4 Å². The molecular formula is C13H23N3O2. The summed E-state index contributed by atoms with van der Waals surface area (Å²) in [5.74, 6) is 1.31. The lowest BCUT2D eigenvalue weighted by Crippen LogP contribution is -2.35. The number of aromatic nitrogens is 2. The second-order valence-electron chi connectivity index (χ2n) is 5.56. The molecule has 1 aromatic rings. The Morgan fingerprint density at radius 2 is 1.94 bits per heavy atom. The third kappa shape index (κ3) is 2.29. The smallest absolute Gasteiger partial charge is 0.246 e. The highest BCUT2D eigenvalue weighted by Gasteiger charge is 2.39. The third-order valence-corrected chi connectivity index (χ3v) is 4.05. The minimum Gasteiger partial charge on any atom is -0.370 e. The van der Waals surface area contributed by atoms with E-state index in [1.165, 1.54) is 6.42 Å². The molecule has 0 saturated heterocycles. The van der Waals surface area contributed by atoms with Gasteiger partial charge in [-0.2, -0.15) is 4.98 Å². The maximum Gasteiger partial charge on any atom is 0.246 e. The molecule has 18 heavy (non-hydrogen) atoms. The highest BCUT2D eigenvalue weighted by Crippen LogP contribution is 2.38. The molecule has 0 bridgehead atoms. The van der Waals surface area contributed by atoms with Crippen LogP contribution >= 0.6 is 0 Å². The SMILES string of the molecule is CNC(C)(C)c1nc(C2(OC)CCCCC2)no1. The van der Waals surface area contributed by atoms with Gasteiger partial charge in [0.25, 0.3) is 0 Å². The summed E-state index contributed by atoms with van der Waals surface area (Å²) in [6.07, 6.45) is 5.53. The van der Waals surface area contributed by atoms with Crippen LogP contribution < -0.4 is 5.32 Å². The first kappa shape index (κ1) is 13.5. The molecule has 0 radical (unpaired) electrons. The van der Waals surface area contributed by atoms with Crippen molar-refractivity contribution >= 4 is 0 Å². The molecular weight excluding hydrogens is 230 g/mol. The van der Waals surface area contributed by atoms with Gasteiger partial charge >= 0.3 is 0 Å². The van der Waals surface area contributed by atoms with E-state index in [4.69, 9.17) is 9.26 Å². The third-order valence-electron chi connectivity index (χ3n) is 4.05. The summed E-state index contributed by atoms with van der Waals surface area (Å²) in [6.45, 7) is 4.04. The van der Waals surface area contributed by atoms with E-state index >= 15 is 0 Å². The van der Waals surface area contributed by atoms with Gasteiger partial charge in [0.2, 0.25) is 11.7 Å². The Morgan fingerprint density at radius 3 is 2.50 bits per heavy atom. The van der Waals surface area contributed by atoms with Crippen LogP contribution in [0.3, 0.4) is 0 Å². The van der Waals surface area contributed by atoms with Crippen molar-refractivity contribution in [2.45, 2.75) is 57.1 Å². The predicted molar refractivity (Wildman–Crippen MR) is 68.2 cm³/mol. The number of ether oxygens (including phenoxy) is 1. The Balaban J connectivity index is 2.28. The lowest BCUT2D eigenvalue weighted by Gasteiger charge is -2.32. The van der Waals surface area contributed by atoms with Gasteiger partial charge in [-0.05, 0) is 33.7 Å². The molecule has 1 heterocycles. The van der Waals surface area contributed by atoms with Crippen LogP contribution in [0.4, 0.5) is 0 Å². The molecule has 1 N–H and O–H groups in total. The maximum atomic E-state index is 5.72. The second-order valence-corrected chi connectivity index (χ2v) is 5.56. The Bertz CT molecular complexity index is 395. The lowest BCUT2D eigenvalue weighted by molar-refractivity contribution is -0.0527. The monoisotopic (exact) mass is 253 g/mol. The zero-order valence-electron chi connectivity index (χ0n) is 11.7. The molecule has 5 nitrogen and oxygen atoms in total. The average Bonchev–Trinajstić information content (AvgIpc) is 2.90. The van der Waals surface area contributed by atoms with Gasteiger partial charge in [-0.3, -0.25) is 0 Å². The van der Waals surface area contributed by atoms with Gasteiger partial charge in [-0.25, -0.2) is 0 Å². The fourth-order valence-electron chi connectivity index (χ4n) is 2.41. The lowest BCUT2D eigenvalue weighted by atomic mass is 9.84.